The minimum absolute atomic E-state index is 0.0390. The maximum atomic E-state index is 13.5. The number of hydrogen-bond donors (Lipinski definition) is 2. The van der Waals surface area contributed by atoms with Gasteiger partial charge in [0.15, 0.2) is 0 Å². The normalized spacial score (nSPS) is 10.9. The minimum Gasteiger partial charge on any atom is -0.793 e. The van der Waals surface area contributed by atoms with Gasteiger partial charge in [0, 0.05) is 11.9 Å². The van der Waals surface area contributed by atoms with Crippen LogP contribution in [0.5, 0.6) is 0 Å². The molecule has 0 amide bonds. The smallest absolute Gasteiger partial charge is 0.264 e. The molecule has 0 aliphatic carbocycles. The van der Waals surface area contributed by atoms with Gasteiger partial charge >= 0.3 is 0 Å². The first-order valence-corrected chi connectivity index (χ1v) is 9.88. The second kappa shape index (κ2) is 8.16. The van der Waals surface area contributed by atoms with Crippen molar-refractivity contribution in [3.05, 3.63) is 87.1 Å². The van der Waals surface area contributed by atoms with E-state index in [0.717, 1.165) is 16.5 Å². The van der Waals surface area contributed by atoms with E-state index >= 15 is 0 Å². The van der Waals surface area contributed by atoms with Gasteiger partial charge in [-0.3, -0.25) is 9.36 Å². The maximum Gasteiger partial charge on any atom is 0.264 e. The molecule has 0 bridgehead atoms. The summed E-state index contributed by atoms with van der Waals surface area (Å²) in [4.78, 5) is 26.0. The predicted molar refractivity (Wildman–Crippen MR) is 124 cm³/mol. The largest absolute Gasteiger partial charge is 0.793 e. The number of rotatable bonds is 5. The molecular formula is C22H19ClN7O-. The molecular weight excluding hydrogens is 414 g/mol. The maximum absolute atomic E-state index is 13.5. The highest BCUT2D eigenvalue weighted by Crippen LogP contribution is 2.23. The number of aryl methyl sites for hydroxylation is 2. The lowest BCUT2D eigenvalue weighted by atomic mass is 10.1. The molecule has 0 atom stereocenters. The van der Waals surface area contributed by atoms with Crippen LogP contribution in [0.4, 0.5) is 11.6 Å². The molecule has 156 valence electrons. The number of aromatic nitrogens is 4. The van der Waals surface area contributed by atoms with Gasteiger partial charge in [-0.25, -0.2) is 15.0 Å². The molecule has 0 unspecified atom stereocenters. The van der Waals surface area contributed by atoms with Gasteiger partial charge in [0.25, 0.3) is 5.56 Å². The summed E-state index contributed by atoms with van der Waals surface area (Å²) >= 11 is 5.77. The summed E-state index contributed by atoms with van der Waals surface area (Å²) in [6, 6.07) is 11.4. The number of nitrogens with two attached hydrogens (primary N) is 1. The standard InChI is InChI=1S/C22H19ClN7O/c1-12-5-3-7-14-9-15(10-27-20-17(18(23)24)19(25)28-11-29-20)30(22(31)16(12)14)21-13(2)6-4-8-26-21/h3-9,11H,10H2,1-2H3,(H3,25,27,28,29)/q-1. The molecule has 0 fully saturated rings. The molecule has 0 aliphatic heterocycles. The van der Waals surface area contributed by atoms with Crippen molar-refractivity contribution in [3.63, 3.8) is 0 Å². The Labute approximate surface area is 183 Å². The van der Waals surface area contributed by atoms with E-state index in [9.17, 15) is 10.2 Å². The number of anilines is 2. The Hall–Kier alpha value is -3.78. The van der Waals surface area contributed by atoms with E-state index in [2.05, 4.69) is 20.3 Å². The van der Waals surface area contributed by atoms with Crippen molar-refractivity contribution in [2.24, 2.45) is 0 Å². The summed E-state index contributed by atoms with van der Waals surface area (Å²) in [7, 11) is 0. The predicted octanol–water partition coefficient (Wildman–Crippen LogP) is 3.54. The lowest BCUT2D eigenvalue weighted by Gasteiger charge is -2.18. The van der Waals surface area contributed by atoms with Gasteiger partial charge in [-0.2, -0.15) is 0 Å². The van der Waals surface area contributed by atoms with Gasteiger partial charge in [0.05, 0.1) is 17.5 Å². The van der Waals surface area contributed by atoms with Crippen LogP contribution in [0.2, 0.25) is 0 Å². The zero-order valence-corrected chi connectivity index (χ0v) is 17.7. The third-order valence-corrected chi connectivity index (χ3v) is 5.23. The fourth-order valence-corrected chi connectivity index (χ4v) is 3.76. The first-order valence-electron chi connectivity index (χ1n) is 9.51. The Morgan fingerprint density at radius 3 is 2.68 bits per heavy atom. The van der Waals surface area contributed by atoms with Gasteiger partial charge in [-0.1, -0.05) is 29.4 Å². The molecule has 0 radical (unpaired) electrons. The van der Waals surface area contributed by atoms with Gasteiger partial charge in [-0.05, 0) is 42.5 Å². The third-order valence-electron chi connectivity index (χ3n) is 5.04. The summed E-state index contributed by atoms with van der Waals surface area (Å²) < 4.78 is 1.59. The number of halogens is 1. The Balaban J connectivity index is 1.90. The first-order chi connectivity index (χ1) is 14.9. The first kappa shape index (κ1) is 20.5. The quantitative estimate of drug-likeness (QED) is 0.465. The lowest BCUT2D eigenvalue weighted by molar-refractivity contribution is 0.854. The van der Waals surface area contributed by atoms with Crippen LogP contribution in [0.1, 0.15) is 22.4 Å². The molecule has 8 nitrogen and oxygen atoms in total. The van der Waals surface area contributed by atoms with E-state index in [4.69, 9.17) is 17.3 Å². The van der Waals surface area contributed by atoms with Crippen molar-refractivity contribution in [1.29, 1.82) is 0 Å². The van der Waals surface area contributed by atoms with Gasteiger partial charge in [0.1, 0.15) is 23.8 Å². The fraction of sp³-hybridized carbons (Fsp3) is 0.136. The Morgan fingerprint density at radius 2 is 1.94 bits per heavy atom. The topological polar surface area (TPSA) is 121 Å². The molecule has 4 aromatic rings. The number of benzene rings is 1. The average Bonchev–Trinajstić information content (AvgIpc) is 2.73. The van der Waals surface area contributed by atoms with E-state index in [1.165, 1.54) is 6.33 Å². The van der Waals surface area contributed by atoms with Crippen molar-refractivity contribution >= 4 is 39.2 Å². The van der Waals surface area contributed by atoms with E-state index < -0.39 is 5.17 Å². The molecule has 0 saturated carbocycles. The van der Waals surface area contributed by atoms with Crippen molar-refractivity contribution < 1.29 is 0 Å². The minimum atomic E-state index is -0.521. The molecule has 0 saturated heterocycles. The number of nitrogens with zero attached hydrogens (tertiary/aromatic N) is 5. The summed E-state index contributed by atoms with van der Waals surface area (Å²) in [5.41, 5.74) is 8.16. The highest BCUT2D eigenvalue weighted by molar-refractivity contribution is 6.71. The second-order valence-corrected chi connectivity index (χ2v) is 7.44. The average molecular weight is 433 g/mol. The Bertz CT molecular complexity index is 1380. The molecule has 4 rings (SSSR count). The van der Waals surface area contributed by atoms with Crippen molar-refractivity contribution in [1.82, 2.24) is 19.5 Å². The van der Waals surface area contributed by atoms with Gasteiger partial charge < -0.3 is 16.5 Å². The van der Waals surface area contributed by atoms with Crippen LogP contribution in [0.15, 0.2) is 53.7 Å². The van der Waals surface area contributed by atoms with E-state index in [0.29, 0.717) is 16.9 Å². The van der Waals surface area contributed by atoms with Crippen LogP contribution in [0, 0.1) is 13.8 Å². The van der Waals surface area contributed by atoms with Crippen LogP contribution >= 0.6 is 11.6 Å². The van der Waals surface area contributed by atoms with Crippen molar-refractivity contribution in [2.75, 3.05) is 11.1 Å². The number of hydrogen-bond acceptors (Lipinski definition) is 6. The van der Waals surface area contributed by atoms with Crippen LogP contribution < -0.4 is 16.6 Å². The zero-order chi connectivity index (χ0) is 22.1. The van der Waals surface area contributed by atoms with Gasteiger partial charge in [0.2, 0.25) is 0 Å². The summed E-state index contributed by atoms with van der Waals surface area (Å²) in [6.45, 7) is 4.01. The monoisotopic (exact) mass is 432 g/mol. The number of fused-ring (bicyclic) bond motifs is 1. The molecule has 0 spiro atoms. The molecule has 9 heteroatoms. The summed E-state index contributed by atoms with van der Waals surface area (Å²) in [6.07, 6.45) is 2.92. The second-order valence-electron chi connectivity index (χ2n) is 7.09. The van der Waals surface area contributed by atoms with E-state index in [-0.39, 0.29) is 29.3 Å². The Kier molecular flexibility index (Phi) is 5.39. The van der Waals surface area contributed by atoms with Crippen LogP contribution in [0.3, 0.4) is 0 Å². The number of nitrogen functional groups attached to an aromatic ring is 1. The summed E-state index contributed by atoms with van der Waals surface area (Å²) in [5, 5.41) is 13.8. The number of nitrogens with one attached hydrogen (secondary N) is 1. The number of pyridine rings is 2. The third kappa shape index (κ3) is 3.73. The highest BCUT2D eigenvalue weighted by Gasteiger charge is 2.16. The van der Waals surface area contributed by atoms with Crippen LogP contribution in [-0.4, -0.2) is 24.7 Å². The molecule has 3 aromatic heterocycles. The van der Waals surface area contributed by atoms with Crippen molar-refractivity contribution in [2.45, 2.75) is 20.4 Å². The molecule has 0 aliphatic rings. The Morgan fingerprint density at radius 1 is 1.16 bits per heavy atom. The fourth-order valence-electron chi connectivity index (χ4n) is 3.57. The van der Waals surface area contributed by atoms with Crippen LogP contribution in [-0.2, 0) is 6.54 Å². The van der Waals surface area contributed by atoms with E-state index in [1.54, 1.807) is 10.8 Å². The van der Waals surface area contributed by atoms with Gasteiger partial charge in [-0.15, -0.1) is 11.6 Å². The molecule has 1 aromatic carbocycles. The SMILES string of the molecule is Cc1cccnc1-n1c(CNc2ncnc(N)c2C(=[N-])Cl)cc2cccc(C)c2c1=O. The lowest BCUT2D eigenvalue weighted by Crippen LogP contribution is -2.26. The van der Waals surface area contributed by atoms with E-state index in [1.807, 2.05) is 50.2 Å². The molecule has 31 heavy (non-hydrogen) atoms. The zero-order valence-electron chi connectivity index (χ0n) is 16.9. The molecule has 3 heterocycles. The van der Waals surface area contributed by atoms with Crippen molar-refractivity contribution in [3.8, 4) is 5.82 Å². The molecule has 3 N–H and O–H groups in total. The highest BCUT2D eigenvalue weighted by atomic mass is 35.5. The summed E-state index contributed by atoms with van der Waals surface area (Å²) in [5.74, 6) is 0.835. The van der Waals surface area contributed by atoms with Crippen LogP contribution in [0.25, 0.3) is 22.0 Å².